The predicted octanol–water partition coefficient (Wildman–Crippen LogP) is 0.184. The van der Waals surface area contributed by atoms with Crippen LogP contribution in [0, 0.1) is 5.41 Å². The van der Waals surface area contributed by atoms with Gasteiger partial charge in [0, 0.05) is 18.5 Å². The van der Waals surface area contributed by atoms with Gasteiger partial charge in [-0.25, -0.2) is 0 Å². The molecular weight excluding hydrogens is 218 g/mol. The Morgan fingerprint density at radius 1 is 1.59 bits per heavy atom. The van der Waals surface area contributed by atoms with E-state index in [4.69, 9.17) is 10.5 Å². The van der Waals surface area contributed by atoms with Gasteiger partial charge in [0.15, 0.2) is 5.96 Å². The second-order valence-electron chi connectivity index (χ2n) is 5.31. The molecule has 1 unspecified atom stereocenters. The Labute approximate surface area is 103 Å². The highest BCUT2D eigenvalue weighted by molar-refractivity contribution is 5.78. The number of aliphatic hydroxyl groups is 1. The van der Waals surface area contributed by atoms with Crippen LogP contribution in [0.4, 0.5) is 0 Å². The first kappa shape index (κ1) is 12.6. The van der Waals surface area contributed by atoms with E-state index in [-0.39, 0.29) is 18.1 Å². The van der Waals surface area contributed by atoms with Crippen LogP contribution in [0.1, 0.15) is 26.2 Å². The summed E-state index contributed by atoms with van der Waals surface area (Å²) in [6, 6.07) is 0. The summed E-state index contributed by atoms with van der Waals surface area (Å²) in [5.74, 6) is 0.597. The standard InChI is InChI=1S/C12H23N3O2/c1-10-7-15(5-6-17-10)11(13)14-8-12(9-16)3-2-4-12/h10,16H,2-9H2,1H3,(H2,13,14). The maximum atomic E-state index is 9.36. The molecule has 3 N–H and O–H groups in total. The molecule has 1 heterocycles. The third kappa shape index (κ3) is 2.90. The van der Waals surface area contributed by atoms with Crippen molar-refractivity contribution in [3.8, 4) is 0 Å². The zero-order valence-electron chi connectivity index (χ0n) is 10.6. The van der Waals surface area contributed by atoms with E-state index in [9.17, 15) is 5.11 Å². The summed E-state index contributed by atoms with van der Waals surface area (Å²) in [7, 11) is 0. The lowest BCUT2D eigenvalue weighted by Crippen LogP contribution is -2.48. The van der Waals surface area contributed by atoms with Gasteiger partial charge in [0.1, 0.15) is 0 Å². The number of ether oxygens (including phenoxy) is 1. The molecule has 1 atom stereocenters. The average Bonchev–Trinajstić information content (AvgIpc) is 2.28. The lowest BCUT2D eigenvalue weighted by atomic mass is 9.69. The van der Waals surface area contributed by atoms with Crippen molar-refractivity contribution in [2.24, 2.45) is 16.1 Å². The van der Waals surface area contributed by atoms with E-state index in [1.165, 1.54) is 6.42 Å². The molecule has 17 heavy (non-hydrogen) atoms. The summed E-state index contributed by atoms with van der Waals surface area (Å²) in [6.45, 7) is 5.25. The number of nitrogens with two attached hydrogens (primary N) is 1. The first-order valence-electron chi connectivity index (χ1n) is 6.42. The number of rotatable bonds is 3. The van der Waals surface area contributed by atoms with Crippen LogP contribution in [0.25, 0.3) is 0 Å². The minimum atomic E-state index is 0.0164. The third-order valence-corrected chi connectivity index (χ3v) is 3.89. The molecule has 0 radical (unpaired) electrons. The van der Waals surface area contributed by atoms with Crippen LogP contribution in [0.2, 0.25) is 0 Å². The average molecular weight is 241 g/mol. The van der Waals surface area contributed by atoms with E-state index in [0.29, 0.717) is 19.1 Å². The summed E-state index contributed by atoms with van der Waals surface area (Å²) in [6.07, 6.45) is 3.55. The molecule has 1 aliphatic carbocycles. The van der Waals surface area contributed by atoms with E-state index in [0.717, 1.165) is 25.9 Å². The lowest BCUT2D eigenvalue weighted by molar-refractivity contribution is 0.00487. The third-order valence-electron chi connectivity index (χ3n) is 3.89. The quantitative estimate of drug-likeness (QED) is 0.546. The Morgan fingerprint density at radius 3 is 2.88 bits per heavy atom. The summed E-state index contributed by atoms with van der Waals surface area (Å²) in [4.78, 5) is 6.52. The smallest absolute Gasteiger partial charge is 0.191 e. The summed E-state index contributed by atoms with van der Waals surface area (Å²) in [5.41, 5.74) is 6.01. The molecule has 0 bridgehead atoms. The minimum absolute atomic E-state index is 0.0164. The van der Waals surface area contributed by atoms with Crippen molar-refractivity contribution in [3.05, 3.63) is 0 Å². The first-order chi connectivity index (χ1) is 8.15. The maximum absolute atomic E-state index is 9.36. The van der Waals surface area contributed by atoms with Gasteiger partial charge in [-0.3, -0.25) is 4.99 Å². The number of nitrogens with zero attached hydrogens (tertiary/aromatic N) is 2. The number of aliphatic imine (C=N–C) groups is 1. The Hall–Kier alpha value is -0.810. The Kier molecular flexibility index (Phi) is 3.89. The van der Waals surface area contributed by atoms with Gasteiger partial charge in [0.05, 0.1) is 25.9 Å². The van der Waals surface area contributed by atoms with E-state index in [1.54, 1.807) is 0 Å². The van der Waals surface area contributed by atoms with Crippen LogP contribution in [0.5, 0.6) is 0 Å². The van der Waals surface area contributed by atoms with Crippen LogP contribution < -0.4 is 5.73 Å². The molecule has 2 rings (SSSR count). The summed E-state index contributed by atoms with van der Waals surface area (Å²) in [5, 5.41) is 9.36. The maximum Gasteiger partial charge on any atom is 0.191 e. The number of hydrogen-bond acceptors (Lipinski definition) is 3. The molecule has 98 valence electrons. The first-order valence-corrected chi connectivity index (χ1v) is 6.42. The van der Waals surface area contributed by atoms with Gasteiger partial charge in [-0.2, -0.15) is 0 Å². The minimum Gasteiger partial charge on any atom is -0.396 e. The van der Waals surface area contributed by atoms with Crippen molar-refractivity contribution in [2.45, 2.75) is 32.3 Å². The summed E-state index contributed by atoms with van der Waals surface area (Å²) >= 11 is 0. The second kappa shape index (κ2) is 5.23. The van der Waals surface area contributed by atoms with Crippen LogP contribution in [0.3, 0.4) is 0 Å². The molecule has 0 aromatic heterocycles. The van der Waals surface area contributed by atoms with Crippen LogP contribution in [0.15, 0.2) is 4.99 Å². The topological polar surface area (TPSA) is 71.1 Å². The fourth-order valence-corrected chi connectivity index (χ4v) is 2.42. The van der Waals surface area contributed by atoms with Crippen molar-refractivity contribution in [3.63, 3.8) is 0 Å². The van der Waals surface area contributed by atoms with E-state index in [2.05, 4.69) is 9.89 Å². The normalized spacial score (nSPS) is 28.9. The fourth-order valence-electron chi connectivity index (χ4n) is 2.42. The Bertz CT molecular complexity index is 284. The molecule has 0 aromatic rings. The SMILES string of the molecule is CC1CN(C(N)=NCC2(CO)CCC2)CCO1. The molecule has 5 nitrogen and oxygen atoms in total. The predicted molar refractivity (Wildman–Crippen MR) is 66.8 cm³/mol. The molecule has 2 aliphatic rings. The highest BCUT2D eigenvalue weighted by Crippen LogP contribution is 2.40. The number of aliphatic hydroxyl groups excluding tert-OH is 1. The number of guanidine groups is 1. The zero-order valence-corrected chi connectivity index (χ0v) is 10.6. The van der Waals surface area contributed by atoms with Gasteiger partial charge in [-0.05, 0) is 19.8 Å². The van der Waals surface area contributed by atoms with Gasteiger partial charge in [0.2, 0.25) is 0 Å². The zero-order chi connectivity index (χ0) is 12.3. The van der Waals surface area contributed by atoms with Gasteiger partial charge in [-0.15, -0.1) is 0 Å². The van der Waals surface area contributed by atoms with Gasteiger partial charge >= 0.3 is 0 Å². The van der Waals surface area contributed by atoms with Gasteiger partial charge in [-0.1, -0.05) is 6.42 Å². The number of hydrogen-bond donors (Lipinski definition) is 2. The van der Waals surface area contributed by atoms with Crippen LogP contribution >= 0.6 is 0 Å². The largest absolute Gasteiger partial charge is 0.396 e. The van der Waals surface area contributed by atoms with E-state index >= 15 is 0 Å². The highest BCUT2D eigenvalue weighted by Gasteiger charge is 2.36. The van der Waals surface area contributed by atoms with Crippen molar-refractivity contribution < 1.29 is 9.84 Å². The number of morpholine rings is 1. The van der Waals surface area contributed by atoms with Gasteiger partial charge < -0.3 is 20.5 Å². The Balaban J connectivity index is 1.87. The molecule has 1 saturated heterocycles. The van der Waals surface area contributed by atoms with Crippen molar-refractivity contribution >= 4 is 5.96 Å². The molecule has 5 heteroatoms. The molecule has 1 saturated carbocycles. The molecule has 0 amide bonds. The monoisotopic (exact) mass is 241 g/mol. The molecule has 2 fully saturated rings. The summed E-state index contributed by atoms with van der Waals surface area (Å²) < 4.78 is 5.46. The molecule has 0 spiro atoms. The van der Waals surface area contributed by atoms with Crippen molar-refractivity contribution in [1.82, 2.24) is 4.90 Å². The highest BCUT2D eigenvalue weighted by atomic mass is 16.5. The molecule has 0 aromatic carbocycles. The van der Waals surface area contributed by atoms with Crippen LogP contribution in [-0.4, -0.2) is 54.9 Å². The van der Waals surface area contributed by atoms with Gasteiger partial charge in [0.25, 0.3) is 0 Å². The van der Waals surface area contributed by atoms with Crippen LogP contribution in [-0.2, 0) is 4.74 Å². The molecular formula is C12H23N3O2. The van der Waals surface area contributed by atoms with Crippen molar-refractivity contribution in [2.75, 3.05) is 32.8 Å². The second-order valence-corrected chi connectivity index (χ2v) is 5.31. The molecule has 1 aliphatic heterocycles. The van der Waals surface area contributed by atoms with Crippen molar-refractivity contribution in [1.29, 1.82) is 0 Å². The fraction of sp³-hybridized carbons (Fsp3) is 0.917. The van der Waals surface area contributed by atoms with E-state index in [1.807, 2.05) is 6.92 Å². The lowest BCUT2D eigenvalue weighted by Gasteiger charge is -2.39. The Morgan fingerprint density at radius 2 is 2.35 bits per heavy atom. The van der Waals surface area contributed by atoms with E-state index < -0.39 is 0 Å².